The zero-order valence-corrected chi connectivity index (χ0v) is 15.2. The van der Waals surface area contributed by atoms with Crippen molar-refractivity contribution in [2.75, 3.05) is 53.0 Å². The second kappa shape index (κ2) is 10.4. The van der Waals surface area contributed by atoms with Gasteiger partial charge in [0.15, 0.2) is 5.96 Å². The molecule has 24 heavy (non-hydrogen) atoms. The van der Waals surface area contributed by atoms with Crippen molar-refractivity contribution in [1.29, 1.82) is 0 Å². The molecule has 0 unspecified atom stereocenters. The van der Waals surface area contributed by atoms with Crippen LogP contribution in [0.25, 0.3) is 0 Å². The van der Waals surface area contributed by atoms with Crippen LogP contribution < -0.4 is 15.4 Å². The average molecular weight is 355 g/mol. The van der Waals surface area contributed by atoms with E-state index in [9.17, 15) is 0 Å². The average Bonchev–Trinajstić information content (AvgIpc) is 2.61. The van der Waals surface area contributed by atoms with Crippen LogP contribution in [0.2, 0.25) is 5.02 Å². The Balaban J connectivity index is 1.87. The number of guanidine groups is 1. The van der Waals surface area contributed by atoms with Crippen molar-refractivity contribution in [3.8, 4) is 5.75 Å². The number of benzene rings is 1. The van der Waals surface area contributed by atoms with Gasteiger partial charge >= 0.3 is 0 Å². The molecule has 7 heteroatoms. The number of ether oxygens (including phenoxy) is 2. The van der Waals surface area contributed by atoms with E-state index in [0.29, 0.717) is 11.6 Å². The summed E-state index contributed by atoms with van der Waals surface area (Å²) in [6.07, 6.45) is 0. The van der Waals surface area contributed by atoms with Gasteiger partial charge in [-0.25, -0.2) is 4.99 Å². The molecule has 1 aliphatic heterocycles. The van der Waals surface area contributed by atoms with E-state index in [1.54, 1.807) is 7.11 Å². The Morgan fingerprint density at radius 3 is 2.83 bits per heavy atom. The predicted octanol–water partition coefficient (Wildman–Crippen LogP) is 1.74. The lowest BCUT2D eigenvalue weighted by molar-refractivity contribution is 0.0389. The maximum Gasteiger partial charge on any atom is 0.191 e. The third-order valence-electron chi connectivity index (χ3n) is 3.83. The van der Waals surface area contributed by atoms with Gasteiger partial charge in [0.25, 0.3) is 0 Å². The van der Waals surface area contributed by atoms with Crippen molar-refractivity contribution in [3.63, 3.8) is 0 Å². The van der Waals surface area contributed by atoms with E-state index in [2.05, 4.69) is 27.4 Å². The Morgan fingerprint density at radius 1 is 1.33 bits per heavy atom. The minimum Gasteiger partial charge on any atom is -0.496 e. The lowest BCUT2D eigenvalue weighted by Gasteiger charge is -2.26. The van der Waals surface area contributed by atoms with Crippen LogP contribution in [-0.4, -0.2) is 63.9 Å². The molecule has 0 spiro atoms. The maximum absolute atomic E-state index is 6.00. The lowest BCUT2D eigenvalue weighted by atomic mass is 10.2. The molecule has 6 nitrogen and oxygen atoms in total. The highest BCUT2D eigenvalue weighted by molar-refractivity contribution is 6.30. The van der Waals surface area contributed by atoms with E-state index >= 15 is 0 Å². The van der Waals surface area contributed by atoms with Gasteiger partial charge in [-0.2, -0.15) is 0 Å². The van der Waals surface area contributed by atoms with Gasteiger partial charge in [-0.15, -0.1) is 0 Å². The SMILES string of the molecule is CCNC(=NCc1ccc(Cl)cc1OC)NCCN1CCOCC1. The van der Waals surface area contributed by atoms with Crippen LogP contribution in [0.1, 0.15) is 12.5 Å². The van der Waals surface area contributed by atoms with E-state index in [0.717, 1.165) is 63.2 Å². The van der Waals surface area contributed by atoms with Crippen molar-refractivity contribution in [2.45, 2.75) is 13.5 Å². The van der Waals surface area contributed by atoms with Gasteiger partial charge in [0, 0.05) is 43.3 Å². The Morgan fingerprint density at radius 2 is 2.12 bits per heavy atom. The first kappa shape index (κ1) is 18.8. The van der Waals surface area contributed by atoms with Crippen LogP contribution in [0.15, 0.2) is 23.2 Å². The summed E-state index contributed by atoms with van der Waals surface area (Å²) in [5.41, 5.74) is 1.01. The molecule has 2 rings (SSSR count). The zero-order valence-electron chi connectivity index (χ0n) is 14.5. The molecular formula is C17H27ClN4O2. The maximum atomic E-state index is 6.00. The Bertz CT molecular complexity index is 533. The number of aliphatic imine (C=N–C) groups is 1. The van der Waals surface area contributed by atoms with Crippen LogP contribution in [-0.2, 0) is 11.3 Å². The molecular weight excluding hydrogens is 328 g/mol. The van der Waals surface area contributed by atoms with E-state index in [1.165, 1.54) is 0 Å². The lowest BCUT2D eigenvalue weighted by Crippen LogP contribution is -2.44. The van der Waals surface area contributed by atoms with Crippen molar-refractivity contribution in [2.24, 2.45) is 4.99 Å². The summed E-state index contributed by atoms with van der Waals surface area (Å²) >= 11 is 6.00. The van der Waals surface area contributed by atoms with Gasteiger partial charge in [0.1, 0.15) is 5.75 Å². The minimum absolute atomic E-state index is 0.535. The summed E-state index contributed by atoms with van der Waals surface area (Å²) in [6, 6.07) is 5.61. The van der Waals surface area contributed by atoms with E-state index in [1.807, 2.05) is 18.2 Å². The molecule has 0 amide bonds. The van der Waals surface area contributed by atoms with E-state index in [-0.39, 0.29) is 0 Å². The van der Waals surface area contributed by atoms with Gasteiger partial charge in [-0.3, -0.25) is 4.90 Å². The third kappa shape index (κ3) is 6.19. The highest BCUT2D eigenvalue weighted by Gasteiger charge is 2.10. The largest absolute Gasteiger partial charge is 0.496 e. The number of methoxy groups -OCH3 is 1. The molecule has 0 saturated carbocycles. The fourth-order valence-electron chi connectivity index (χ4n) is 2.51. The summed E-state index contributed by atoms with van der Waals surface area (Å²) < 4.78 is 10.7. The van der Waals surface area contributed by atoms with Crippen molar-refractivity contribution >= 4 is 17.6 Å². The number of hydrogen-bond donors (Lipinski definition) is 2. The molecule has 1 aliphatic rings. The summed E-state index contributed by atoms with van der Waals surface area (Å²) in [5.74, 6) is 1.57. The van der Waals surface area contributed by atoms with Gasteiger partial charge < -0.3 is 20.1 Å². The summed E-state index contributed by atoms with van der Waals surface area (Å²) in [7, 11) is 1.64. The smallest absolute Gasteiger partial charge is 0.191 e. The van der Waals surface area contributed by atoms with Crippen LogP contribution >= 0.6 is 11.6 Å². The first-order chi connectivity index (χ1) is 11.7. The highest BCUT2D eigenvalue weighted by Crippen LogP contribution is 2.23. The Kier molecular flexibility index (Phi) is 8.15. The standard InChI is InChI=1S/C17H27ClN4O2/c1-3-19-17(20-6-7-22-8-10-24-11-9-22)21-13-14-4-5-15(18)12-16(14)23-2/h4-5,12H,3,6-11,13H2,1-2H3,(H2,19,20,21). The monoisotopic (exact) mass is 354 g/mol. The van der Waals surface area contributed by atoms with E-state index < -0.39 is 0 Å². The second-order valence-corrected chi connectivity index (χ2v) is 5.97. The summed E-state index contributed by atoms with van der Waals surface area (Å²) in [6.45, 7) is 8.89. The molecule has 1 aromatic rings. The molecule has 0 radical (unpaired) electrons. The van der Waals surface area contributed by atoms with Gasteiger partial charge in [-0.1, -0.05) is 17.7 Å². The van der Waals surface area contributed by atoms with Crippen molar-refractivity contribution in [1.82, 2.24) is 15.5 Å². The first-order valence-corrected chi connectivity index (χ1v) is 8.75. The molecule has 2 N–H and O–H groups in total. The van der Waals surface area contributed by atoms with Crippen molar-refractivity contribution in [3.05, 3.63) is 28.8 Å². The van der Waals surface area contributed by atoms with Gasteiger partial charge in [0.05, 0.1) is 26.9 Å². The molecule has 134 valence electrons. The molecule has 0 aliphatic carbocycles. The van der Waals surface area contributed by atoms with E-state index in [4.69, 9.17) is 21.1 Å². The van der Waals surface area contributed by atoms with Crippen LogP contribution in [0.3, 0.4) is 0 Å². The number of halogens is 1. The molecule has 0 bridgehead atoms. The number of rotatable bonds is 7. The topological polar surface area (TPSA) is 58.1 Å². The Hall–Kier alpha value is -1.50. The highest BCUT2D eigenvalue weighted by atomic mass is 35.5. The number of hydrogen-bond acceptors (Lipinski definition) is 4. The summed E-state index contributed by atoms with van der Waals surface area (Å²) in [5, 5.41) is 7.31. The van der Waals surface area contributed by atoms with Gasteiger partial charge in [-0.05, 0) is 19.1 Å². The molecule has 1 saturated heterocycles. The second-order valence-electron chi connectivity index (χ2n) is 5.53. The zero-order chi connectivity index (χ0) is 17.2. The van der Waals surface area contributed by atoms with Crippen LogP contribution in [0.4, 0.5) is 0 Å². The normalized spacial score (nSPS) is 16.0. The predicted molar refractivity (Wildman–Crippen MR) is 98.1 cm³/mol. The quantitative estimate of drug-likeness (QED) is 0.577. The molecule has 0 atom stereocenters. The van der Waals surface area contributed by atoms with Crippen LogP contribution in [0.5, 0.6) is 5.75 Å². The minimum atomic E-state index is 0.535. The van der Waals surface area contributed by atoms with Gasteiger partial charge in [0.2, 0.25) is 0 Å². The fraction of sp³-hybridized carbons (Fsp3) is 0.588. The number of nitrogens with one attached hydrogen (secondary N) is 2. The molecule has 0 aromatic heterocycles. The summed E-state index contributed by atoms with van der Waals surface area (Å²) in [4.78, 5) is 7.02. The molecule has 1 heterocycles. The number of morpholine rings is 1. The van der Waals surface area contributed by atoms with Crippen LogP contribution in [0, 0.1) is 0 Å². The van der Waals surface area contributed by atoms with Crippen molar-refractivity contribution < 1.29 is 9.47 Å². The molecule has 1 aromatic carbocycles. The fourth-order valence-corrected chi connectivity index (χ4v) is 2.67. The molecule has 1 fully saturated rings. The Labute approximate surface area is 149 Å². The first-order valence-electron chi connectivity index (χ1n) is 8.37. The number of nitrogens with zero attached hydrogens (tertiary/aromatic N) is 2. The third-order valence-corrected chi connectivity index (χ3v) is 4.06.